The number of fused-ring (bicyclic) bond motifs is 5. The van der Waals surface area contributed by atoms with E-state index in [2.05, 4.69) is 216 Å². The third-order valence-electron chi connectivity index (χ3n) is 10.9. The van der Waals surface area contributed by atoms with Crippen molar-refractivity contribution in [1.29, 1.82) is 0 Å². The molecule has 248 valence electrons. The fourth-order valence-electron chi connectivity index (χ4n) is 8.65. The molecule has 8 aromatic rings. The summed E-state index contributed by atoms with van der Waals surface area (Å²) in [5.74, 6) is 0. The minimum atomic E-state index is -2.23. The van der Waals surface area contributed by atoms with Gasteiger partial charge in [0.15, 0.2) is 0 Å². The van der Waals surface area contributed by atoms with Gasteiger partial charge in [0, 0.05) is 50.8 Å². The van der Waals surface area contributed by atoms with Crippen molar-refractivity contribution in [2.24, 2.45) is 0 Å². The zero-order valence-corrected chi connectivity index (χ0v) is 30.2. The molecule has 10 rings (SSSR count). The van der Waals surface area contributed by atoms with Gasteiger partial charge in [0.05, 0.1) is 11.4 Å². The summed E-state index contributed by atoms with van der Waals surface area (Å²) in [5.41, 5.74) is 13.4. The van der Waals surface area contributed by atoms with Gasteiger partial charge >= 0.3 is 0 Å². The van der Waals surface area contributed by atoms with Crippen molar-refractivity contribution in [2.75, 3.05) is 14.7 Å². The summed E-state index contributed by atoms with van der Waals surface area (Å²) in [6.45, 7) is 5.07. The molecule has 0 atom stereocenters. The summed E-state index contributed by atoms with van der Waals surface area (Å²) >= 11 is 0. The number of benzene rings is 8. The first kappa shape index (κ1) is 30.5. The van der Waals surface area contributed by atoms with Crippen LogP contribution in [0.5, 0.6) is 0 Å². The second-order valence-electron chi connectivity index (χ2n) is 14.2. The lowest BCUT2D eigenvalue weighted by Gasteiger charge is -2.44. The van der Waals surface area contributed by atoms with Gasteiger partial charge in [0.1, 0.15) is 8.07 Å². The van der Waals surface area contributed by atoms with Gasteiger partial charge in [-0.25, -0.2) is 0 Å². The first-order valence-electron chi connectivity index (χ1n) is 18.0. The van der Waals surface area contributed by atoms with Crippen LogP contribution in [-0.4, -0.2) is 8.07 Å². The van der Waals surface area contributed by atoms with E-state index in [1.54, 1.807) is 0 Å². The van der Waals surface area contributed by atoms with Crippen molar-refractivity contribution in [3.8, 4) is 11.1 Å². The van der Waals surface area contributed by atoms with Gasteiger partial charge in [-0.2, -0.15) is 0 Å². The molecule has 0 amide bonds. The van der Waals surface area contributed by atoms with Gasteiger partial charge in [-0.1, -0.05) is 116 Å². The zero-order valence-electron chi connectivity index (χ0n) is 29.2. The lowest BCUT2D eigenvalue weighted by atomic mass is 9.90. The van der Waals surface area contributed by atoms with E-state index >= 15 is 0 Å². The second-order valence-corrected chi connectivity index (χ2v) is 18.5. The van der Waals surface area contributed by atoms with E-state index in [4.69, 9.17) is 0 Å². The van der Waals surface area contributed by atoms with Gasteiger partial charge in [-0.05, 0) is 106 Å². The highest BCUT2D eigenvalue weighted by Gasteiger charge is 2.43. The summed E-state index contributed by atoms with van der Waals surface area (Å²) in [5, 5.41) is 5.51. The molecular weight excluding hydrogens is 647 g/mol. The van der Waals surface area contributed by atoms with Crippen LogP contribution in [0.2, 0.25) is 13.1 Å². The first-order valence-corrected chi connectivity index (χ1v) is 21.0. The van der Waals surface area contributed by atoms with E-state index < -0.39 is 8.07 Å². The lowest BCUT2D eigenvalue weighted by molar-refractivity contribution is 1.25. The minimum absolute atomic E-state index is 1.12. The van der Waals surface area contributed by atoms with Crippen LogP contribution in [0.25, 0.3) is 21.9 Å². The molecule has 52 heavy (non-hydrogen) atoms. The Hall–Kier alpha value is -6.36. The molecule has 0 bridgehead atoms. The van der Waals surface area contributed by atoms with E-state index in [0.717, 1.165) is 22.7 Å². The van der Waals surface area contributed by atoms with Crippen LogP contribution in [-0.2, 0) is 0 Å². The second kappa shape index (κ2) is 11.9. The van der Waals surface area contributed by atoms with E-state index in [-0.39, 0.29) is 0 Å². The van der Waals surface area contributed by atoms with E-state index in [0.29, 0.717) is 0 Å². The van der Waals surface area contributed by atoms with E-state index in [1.807, 2.05) is 0 Å². The predicted molar refractivity (Wildman–Crippen MR) is 224 cm³/mol. The number of anilines is 9. The Morgan fingerprint density at radius 1 is 0.404 bits per heavy atom. The summed E-state index contributed by atoms with van der Waals surface area (Å²) in [6.07, 6.45) is 0. The molecule has 0 aromatic heterocycles. The molecule has 2 heterocycles. The maximum atomic E-state index is 2.54. The number of para-hydroxylation sites is 4. The quantitative estimate of drug-likeness (QED) is 0.167. The van der Waals surface area contributed by atoms with Gasteiger partial charge in [-0.3, -0.25) is 0 Å². The summed E-state index contributed by atoms with van der Waals surface area (Å²) in [4.78, 5) is 7.32. The molecule has 0 radical (unpaired) electrons. The molecule has 0 unspecified atom stereocenters. The average molecular weight is 684 g/mol. The van der Waals surface area contributed by atoms with Crippen LogP contribution in [0.15, 0.2) is 188 Å². The molecule has 2 aliphatic rings. The highest BCUT2D eigenvalue weighted by molar-refractivity contribution is 7.03. The fraction of sp³-hybridized carbons (Fsp3) is 0.0417. The first-order chi connectivity index (χ1) is 25.6. The number of nitrogens with zero attached hydrogens (tertiary/aromatic N) is 3. The van der Waals surface area contributed by atoms with Crippen LogP contribution in [0.4, 0.5) is 51.2 Å². The van der Waals surface area contributed by atoms with Crippen LogP contribution in [0.1, 0.15) is 0 Å². The standard InChI is InChI=1S/C48H37N3Si/c1-52(2)45-27-13-12-25-41(45)50(37-22-10-5-11-23-37)44-33-32-43-47(48(44)52)40-24-14-16-34-17-15-26-42(46(34)40)51(43)39-30-28-38(29-31-39)49(35-18-6-3-7-19-35)36-20-8-4-9-21-36/h3-33H,1-2H3. The molecule has 4 heteroatoms. The summed E-state index contributed by atoms with van der Waals surface area (Å²) in [7, 11) is -2.23. The molecule has 0 saturated carbocycles. The maximum Gasteiger partial charge on any atom is 0.118 e. The molecule has 3 nitrogen and oxygen atoms in total. The Labute approximate surface area is 306 Å². The van der Waals surface area contributed by atoms with Crippen molar-refractivity contribution >= 4 is 80.4 Å². The Morgan fingerprint density at radius 3 is 1.62 bits per heavy atom. The molecule has 2 aliphatic heterocycles. The highest BCUT2D eigenvalue weighted by Crippen LogP contribution is 2.53. The Morgan fingerprint density at radius 2 is 0.923 bits per heavy atom. The molecule has 8 aromatic carbocycles. The van der Waals surface area contributed by atoms with Crippen LogP contribution >= 0.6 is 0 Å². The van der Waals surface area contributed by atoms with Crippen LogP contribution in [0.3, 0.4) is 0 Å². The topological polar surface area (TPSA) is 9.72 Å². The van der Waals surface area contributed by atoms with Gasteiger partial charge in [-0.15, -0.1) is 0 Å². The smallest absolute Gasteiger partial charge is 0.118 e. The molecule has 0 fully saturated rings. The third-order valence-corrected chi connectivity index (χ3v) is 14.4. The number of hydrogen-bond acceptors (Lipinski definition) is 3. The SMILES string of the molecule is C[Si]1(C)c2ccccc2N(c2ccccc2)c2ccc3c(c21)-c1cccc2cccc(c12)N3c1ccc(N(c2ccccc2)c2ccccc2)cc1. The third kappa shape index (κ3) is 4.58. The minimum Gasteiger partial charge on any atom is -0.311 e. The van der Waals surface area contributed by atoms with Crippen molar-refractivity contribution in [1.82, 2.24) is 0 Å². The van der Waals surface area contributed by atoms with Gasteiger partial charge < -0.3 is 14.7 Å². The molecule has 0 N–H and O–H groups in total. The van der Waals surface area contributed by atoms with E-state index in [9.17, 15) is 0 Å². The molecule has 0 aliphatic carbocycles. The normalized spacial score (nSPS) is 13.7. The summed E-state index contributed by atoms with van der Waals surface area (Å²) in [6, 6.07) is 68.6. The van der Waals surface area contributed by atoms with Crippen LogP contribution in [0, 0.1) is 0 Å². The highest BCUT2D eigenvalue weighted by atomic mass is 28.3. The van der Waals surface area contributed by atoms with Crippen molar-refractivity contribution in [3.05, 3.63) is 188 Å². The van der Waals surface area contributed by atoms with Crippen molar-refractivity contribution in [3.63, 3.8) is 0 Å². The number of hydrogen-bond donors (Lipinski definition) is 0. The largest absolute Gasteiger partial charge is 0.311 e. The average Bonchev–Trinajstić information content (AvgIpc) is 3.20. The van der Waals surface area contributed by atoms with Crippen molar-refractivity contribution < 1.29 is 0 Å². The fourth-order valence-corrected chi connectivity index (χ4v) is 12.0. The molecule has 0 saturated heterocycles. The lowest BCUT2D eigenvalue weighted by Crippen LogP contribution is -2.59. The monoisotopic (exact) mass is 683 g/mol. The Kier molecular flexibility index (Phi) is 6.95. The molecular formula is C48H37N3Si. The van der Waals surface area contributed by atoms with Gasteiger partial charge in [0.25, 0.3) is 0 Å². The maximum absolute atomic E-state index is 2.54. The van der Waals surface area contributed by atoms with Crippen molar-refractivity contribution in [2.45, 2.75) is 13.1 Å². The number of rotatable bonds is 5. The zero-order chi connectivity index (χ0) is 34.8. The predicted octanol–water partition coefficient (Wildman–Crippen LogP) is 12.4. The Balaban J connectivity index is 1.21. The Bertz CT molecular complexity index is 2560. The van der Waals surface area contributed by atoms with Crippen LogP contribution < -0.4 is 25.1 Å². The van der Waals surface area contributed by atoms with Gasteiger partial charge in [0.2, 0.25) is 0 Å². The molecule has 0 spiro atoms. The summed E-state index contributed by atoms with van der Waals surface area (Å²) < 4.78 is 0. The van der Waals surface area contributed by atoms with E-state index in [1.165, 1.54) is 60.7 Å².